The summed E-state index contributed by atoms with van der Waals surface area (Å²) in [5.41, 5.74) is 1.78. The Bertz CT molecular complexity index is 787. The normalized spacial score (nSPS) is 24.2. The van der Waals surface area contributed by atoms with Crippen molar-refractivity contribution in [2.24, 2.45) is 11.8 Å². The molecule has 1 saturated heterocycles. The van der Waals surface area contributed by atoms with E-state index in [9.17, 15) is 14.7 Å². The highest BCUT2D eigenvalue weighted by Crippen LogP contribution is 2.31. The van der Waals surface area contributed by atoms with Gasteiger partial charge in [-0.2, -0.15) is 0 Å². The van der Waals surface area contributed by atoms with Gasteiger partial charge in [-0.05, 0) is 94.7 Å². The van der Waals surface area contributed by atoms with Crippen molar-refractivity contribution < 1.29 is 24.2 Å². The van der Waals surface area contributed by atoms with Crippen LogP contribution in [0.1, 0.15) is 69.6 Å². The van der Waals surface area contributed by atoms with Crippen LogP contribution in [0.2, 0.25) is 0 Å². The molecular formula is C25H37NO5. The van der Waals surface area contributed by atoms with Crippen molar-refractivity contribution >= 4 is 12.1 Å². The summed E-state index contributed by atoms with van der Waals surface area (Å²) in [4.78, 5) is 25.8. The van der Waals surface area contributed by atoms with E-state index in [0.717, 1.165) is 68.7 Å². The molecule has 0 radical (unpaired) electrons. The predicted octanol–water partition coefficient (Wildman–Crippen LogP) is 5.13. The van der Waals surface area contributed by atoms with Crippen LogP contribution in [0.4, 0.5) is 4.79 Å². The van der Waals surface area contributed by atoms with E-state index in [-0.39, 0.29) is 12.2 Å². The Kier molecular flexibility index (Phi) is 7.17. The predicted molar refractivity (Wildman–Crippen MR) is 120 cm³/mol. The first kappa shape index (κ1) is 23.4. The average molecular weight is 432 g/mol. The highest BCUT2D eigenvalue weighted by Gasteiger charge is 2.32. The smallest absolute Gasteiger partial charge is 0.410 e. The third-order valence-electron chi connectivity index (χ3n) is 6.69. The molecule has 1 aromatic carbocycles. The number of nitrogens with zero attached hydrogens (tertiary/aromatic N) is 1. The Morgan fingerprint density at radius 3 is 2.29 bits per heavy atom. The first-order valence-corrected chi connectivity index (χ1v) is 11.5. The van der Waals surface area contributed by atoms with E-state index in [2.05, 4.69) is 19.1 Å². The molecule has 31 heavy (non-hydrogen) atoms. The first-order chi connectivity index (χ1) is 14.5. The Labute approximate surface area is 185 Å². The fourth-order valence-corrected chi connectivity index (χ4v) is 4.68. The fourth-order valence-electron chi connectivity index (χ4n) is 4.68. The Balaban J connectivity index is 1.56. The van der Waals surface area contributed by atoms with E-state index >= 15 is 0 Å². The molecular weight excluding hydrogens is 394 g/mol. The largest absolute Gasteiger partial charge is 0.478 e. The molecule has 1 unspecified atom stereocenters. The van der Waals surface area contributed by atoms with Gasteiger partial charge in [0, 0.05) is 13.1 Å². The molecule has 1 heterocycles. The number of likely N-dealkylation sites (tertiary alicyclic amines) is 1. The van der Waals surface area contributed by atoms with Crippen LogP contribution in [0.15, 0.2) is 12.1 Å². The second kappa shape index (κ2) is 9.49. The van der Waals surface area contributed by atoms with Gasteiger partial charge in [-0.1, -0.05) is 19.1 Å². The Morgan fingerprint density at radius 1 is 1.10 bits per heavy atom. The van der Waals surface area contributed by atoms with Gasteiger partial charge < -0.3 is 19.5 Å². The van der Waals surface area contributed by atoms with Crippen molar-refractivity contribution in [3.63, 3.8) is 0 Å². The number of carboxylic acid groups (broad SMARTS) is 1. The zero-order valence-electron chi connectivity index (χ0n) is 19.6. The summed E-state index contributed by atoms with van der Waals surface area (Å²) in [6.45, 7) is 10.8. The van der Waals surface area contributed by atoms with Crippen molar-refractivity contribution in [2.45, 2.75) is 84.8 Å². The average Bonchev–Trinajstić information content (AvgIpc) is 3.15. The monoisotopic (exact) mass is 431 g/mol. The molecule has 1 atom stereocenters. The quantitative estimate of drug-likeness (QED) is 0.676. The Hall–Kier alpha value is -2.24. The summed E-state index contributed by atoms with van der Waals surface area (Å²) in [6, 6.07) is 4.15. The zero-order chi connectivity index (χ0) is 22.8. The highest BCUT2D eigenvalue weighted by molar-refractivity contribution is 5.77. The number of ether oxygens (including phenoxy) is 2. The molecule has 172 valence electrons. The third kappa shape index (κ3) is 5.92. The minimum atomic E-state index is -1.28. The van der Waals surface area contributed by atoms with Crippen LogP contribution in [0, 0.1) is 25.7 Å². The second-order valence-corrected chi connectivity index (χ2v) is 10.0. The molecule has 1 aliphatic heterocycles. The van der Waals surface area contributed by atoms with Crippen LogP contribution in [-0.2, 0) is 16.0 Å². The van der Waals surface area contributed by atoms with Gasteiger partial charge in [0.2, 0.25) is 0 Å². The maximum Gasteiger partial charge on any atom is 0.410 e. The summed E-state index contributed by atoms with van der Waals surface area (Å²) in [7, 11) is 0. The lowest BCUT2D eigenvalue weighted by molar-refractivity contribution is -0.152. The van der Waals surface area contributed by atoms with Gasteiger partial charge >= 0.3 is 12.1 Å². The summed E-state index contributed by atoms with van der Waals surface area (Å²) in [6.07, 6.45) is 6.02. The highest BCUT2D eigenvalue weighted by atomic mass is 16.6. The molecule has 2 aliphatic rings. The van der Waals surface area contributed by atoms with Gasteiger partial charge in [0.1, 0.15) is 11.9 Å². The number of aryl methyl sites for hydroxylation is 2. The molecule has 2 fully saturated rings. The number of hydrogen-bond acceptors (Lipinski definition) is 4. The summed E-state index contributed by atoms with van der Waals surface area (Å²) >= 11 is 0. The summed E-state index contributed by atoms with van der Waals surface area (Å²) in [5.74, 6) is 0.788. The number of carboxylic acids is 1. The number of carbonyl (C=O) groups is 2. The molecule has 0 aromatic heterocycles. The SMILES string of the molecule is Cc1cc(CC2CCN(C(=O)OC3CCC(C)CC3)C2)cc(C)c1OC(C)(C)C(=O)O. The van der Waals surface area contributed by atoms with Gasteiger partial charge in [-0.25, -0.2) is 9.59 Å². The number of aliphatic carboxylic acids is 1. The molecule has 1 amide bonds. The van der Waals surface area contributed by atoms with Crippen LogP contribution in [0.3, 0.4) is 0 Å². The minimum Gasteiger partial charge on any atom is -0.478 e. The lowest BCUT2D eigenvalue weighted by Gasteiger charge is -2.28. The molecule has 1 N–H and O–H groups in total. The fraction of sp³-hybridized carbons (Fsp3) is 0.680. The van der Waals surface area contributed by atoms with E-state index in [1.54, 1.807) is 13.8 Å². The van der Waals surface area contributed by atoms with E-state index in [1.165, 1.54) is 5.56 Å². The van der Waals surface area contributed by atoms with Crippen molar-refractivity contribution in [3.8, 4) is 5.75 Å². The van der Waals surface area contributed by atoms with E-state index in [4.69, 9.17) is 9.47 Å². The minimum absolute atomic E-state index is 0.0793. The van der Waals surface area contributed by atoms with E-state index in [0.29, 0.717) is 11.7 Å². The summed E-state index contributed by atoms with van der Waals surface area (Å²) < 4.78 is 11.6. The first-order valence-electron chi connectivity index (χ1n) is 11.5. The number of carbonyl (C=O) groups excluding carboxylic acids is 1. The third-order valence-corrected chi connectivity index (χ3v) is 6.69. The topological polar surface area (TPSA) is 76.1 Å². The molecule has 1 saturated carbocycles. The molecule has 0 spiro atoms. The van der Waals surface area contributed by atoms with Crippen molar-refractivity contribution in [3.05, 3.63) is 28.8 Å². The number of benzene rings is 1. The molecule has 0 bridgehead atoms. The van der Waals surface area contributed by atoms with Crippen LogP contribution in [0.25, 0.3) is 0 Å². The molecule has 1 aromatic rings. The summed E-state index contributed by atoms with van der Waals surface area (Å²) in [5, 5.41) is 9.35. The van der Waals surface area contributed by atoms with E-state index < -0.39 is 11.6 Å². The van der Waals surface area contributed by atoms with Crippen molar-refractivity contribution in [1.29, 1.82) is 0 Å². The van der Waals surface area contributed by atoms with Gasteiger partial charge in [-0.3, -0.25) is 0 Å². The lowest BCUT2D eigenvalue weighted by Crippen LogP contribution is -2.38. The second-order valence-electron chi connectivity index (χ2n) is 10.0. The Morgan fingerprint density at radius 2 is 1.71 bits per heavy atom. The molecule has 6 heteroatoms. The van der Waals surface area contributed by atoms with Crippen LogP contribution >= 0.6 is 0 Å². The van der Waals surface area contributed by atoms with Gasteiger partial charge in [0.15, 0.2) is 5.60 Å². The molecule has 3 rings (SSSR count). The van der Waals surface area contributed by atoms with Crippen LogP contribution in [-0.4, -0.2) is 46.9 Å². The maximum atomic E-state index is 12.6. The van der Waals surface area contributed by atoms with E-state index in [1.807, 2.05) is 18.7 Å². The number of rotatable bonds is 6. The maximum absolute atomic E-state index is 12.6. The standard InChI is InChI=1S/C25H37NO5/c1-16-6-8-21(9-7-16)30-24(29)26-11-10-19(15-26)14-20-12-17(2)22(18(3)13-20)31-25(4,5)23(27)28/h12-13,16,19,21H,6-11,14-15H2,1-5H3,(H,27,28). The van der Waals surface area contributed by atoms with Crippen molar-refractivity contribution in [1.82, 2.24) is 4.90 Å². The molecule has 1 aliphatic carbocycles. The number of hydrogen-bond donors (Lipinski definition) is 1. The molecule has 6 nitrogen and oxygen atoms in total. The number of amides is 1. The van der Waals surface area contributed by atoms with Crippen LogP contribution < -0.4 is 4.74 Å². The van der Waals surface area contributed by atoms with Gasteiger partial charge in [-0.15, -0.1) is 0 Å². The van der Waals surface area contributed by atoms with Gasteiger partial charge in [0.05, 0.1) is 0 Å². The van der Waals surface area contributed by atoms with Crippen molar-refractivity contribution in [2.75, 3.05) is 13.1 Å². The lowest BCUT2D eigenvalue weighted by atomic mass is 9.89. The van der Waals surface area contributed by atoms with Gasteiger partial charge in [0.25, 0.3) is 0 Å². The van der Waals surface area contributed by atoms with Crippen LogP contribution in [0.5, 0.6) is 5.75 Å². The zero-order valence-corrected chi connectivity index (χ0v) is 19.6.